The van der Waals surface area contributed by atoms with Gasteiger partial charge in [-0.3, -0.25) is 9.59 Å². The van der Waals surface area contributed by atoms with E-state index in [1.54, 1.807) is 63.5 Å². The minimum atomic E-state index is -0.524. The van der Waals surface area contributed by atoms with Crippen LogP contribution < -0.4 is 24.4 Å². The van der Waals surface area contributed by atoms with Crippen molar-refractivity contribution in [3.63, 3.8) is 0 Å². The van der Waals surface area contributed by atoms with Crippen molar-refractivity contribution in [3.05, 3.63) is 42.5 Å². The van der Waals surface area contributed by atoms with Gasteiger partial charge in [0.05, 0.1) is 12.8 Å². The SMILES string of the molecule is COc1cccc(OCC(=O)Nc2ccc3c(c2)N(C)C(=O)C(C)O3)c1. The van der Waals surface area contributed by atoms with E-state index in [4.69, 9.17) is 14.2 Å². The molecule has 0 fully saturated rings. The average molecular weight is 356 g/mol. The Hall–Kier alpha value is -3.22. The van der Waals surface area contributed by atoms with E-state index < -0.39 is 6.10 Å². The van der Waals surface area contributed by atoms with Crippen molar-refractivity contribution in [1.29, 1.82) is 0 Å². The highest BCUT2D eigenvalue weighted by Gasteiger charge is 2.29. The van der Waals surface area contributed by atoms with Crippen molar-refractivity contribution < 1.29 is 23.8 Å². The number of carbonyl (C=O) groups excluding carboxylic acids is 2. The van der Waals surface area contributed by atoms with Gasteiger partial charge in [-0.2, -0.15) is 0 Å². The third-order valence-corrected chi connectivity index (χ3v) is 4.00. The second-order valence-corrected chi connectivity index (χ2v) is 5.86. The van der Waals surface area contributed by atoms with Crippen LogP contribution in [-0.4, -0.2) is 38.7 Å². The quantitative estimate of drug-likeness (QED) is 0.890. The first-order chi connectivity index (χ1) is 12.5. The Labute approximate surface area is 151 Å². The lowest BCUT2D eigenvalue weighted by Gasteiger charge is -2.30. The van der Waals surface area contributed by atoms with Gasteiger partial charge in [0.15, 0.2) is 12.7 Å². The van der Waals surface area contributed by atoms with Crippen molar-refractivity contribution in [1.82, 2.24) is 0 Å². The maximum absolute atomic E-state index is 12.1. The van der Waals surface area contributed by atoms with Crippen molar-refractivity contribution in [2.75, 3.05) is 31.0 Å². The third-order valence-electron chi connectivity index (χ3n) is 4.00. The minimum absolute atomic E-state index is 0.137. The van der Waals surface area contributed by atoms with E-state index in [0.29, 0.717) is 28.6 Å². The lowest BCUT2D eigenvalue weighted by atomic mass is 10.2. The lowest BCUT2D eigenvalue weighted by Crippen LogP contribution is -2.42. The number of rotatable bonds is 5. The number of fused-ring (bicyclic) bond motifs is 1. The number of likely N-dealkylation sites (N-methyl/N-ethyl adjacent to an activating group) is 1. The molecule has 1 unspecified atom stereocenters. The van der Waals surface area contributed by atoms with Gasteiger partial charge < -0.3 is 24.4 Å². The summed E-state index contributed by atoms with van der Waals surface area (Å²) >= 11 is 0. The standard InChI is InChI=1S/C19H20N2O5/c1-12-19(23)21(2)16-9-13(7-8-17(16)26-12)20-18(22)11-25-15-6-4-5-14(10-15)24-3/h4-10,12H,11H2,1-3H3,(H,20,22). The summed E-state index contributed by atoms with van der Waals surface area (Å²) < 4.78 is 16.1. The fraction of sp³-hybridized carbons (Fsp3) is 0.263. The molecule has 1 atom stereocenters. The first-order valence-electron chi connectivity index (χ1n) is 8.13. The highest BCUT2D eigenvalue weighted by atomic mass is 16.5. The second-order valence-electron chi connectivity index (χ2n) is 5.86. The van der Waals surface area contributed by atoms with Crippen LogP contribution in [0.15, 0.2) is 42.5 Å². The molecule has 1 aliphatic rings. The zero-order valence-corrected chi connectivity index (χ0v) is 14.8. The summed E-state index contributed by atoms with van der Waals surface area (Å²) in [5.41, 5.74) is 1.17. The fourth-order valence-electron chi connectivity index (χ4n) is 2.63. The number of nitrogens with one attached hydrogen (secondary N) is 1. The van der Waals surface area contributed by atoms with Crippen molar-refractivity contribution in [2.45, 2.75) is 13.0 Å². The summed E-state index contributed by atoms with van der Waals surface area (Å²) in [4.78, 5) is 25.7. The van der Waals surface area contributed by atoms with Gasteiger partial charge in [-0.1, -0.05) is 6.07 Å². The van der Waals surface area contributed by atoms with Gasteiger partial charge in [0.1, 0.15) is 17.2 Å². The second kappa shape index (κ2) is 7.35. The highest BCUT2D eigenvalue weighted by molar-refractivity contribution is 6.00. The van der Waals surface area contributed by atoms with Crippen LogP contribution in [0.1, 0.15) is 6.92 Å². The molecule has 1 heterocycles. The molecule has 2 aromatic rings. The Balaban J connectivity index is 1.64. The van der Waals surface area contributed by atoms with Crippen LogP contribution in [0.3, 0.4) is 0 Å². The summed E-state index contributed by atoms with van der Waals surface area (Å²) in [5, 5.41) is 2.75. The summed E-state index contributed by atoms with van der Waals surface area (Å²) in [5.74, 6) is 1.34. The number of benzene rings is 2. The van der Waals surface area contributed by atoms with Gasteiger partial charge in [0.25, 0.3) is 11.8 Å². The smallest absolute Gasteiger partial charge is 0.267 e. The van der Waals surface area contributed by atoms with Gasteiger partial charge in [0, 0.05) is 18.8 Å². The number of carbonyl (C=O) groups is 2. The van der Waals surface area contributed by atoms with Crippen LogP contribution in [0.5, 0.6) is 17.2 Å². The molecule has 2 amide bonds. The number of methoxy groups -OCH3 is 1. The van der Waals surface area contributed by atoms with Crippen LogP contribution >= 0.6 is 0 Å². The number of hydrogen-bond donors (Lipinski definition) is 1. The van der Waals surface area contributed by atoms with E-state index in [9.17, 15) is 9.59 Å². The molecule has 0 bridgehead atoms. The largest absolute Gasteiger partial charge is 0.497 e. The molecule has 1 N–H and O–H groups in total. The van der Waals surface area contributed by atoms with Crippen molar-refractivity contribution in [2.24, 2.45) is 0 Å². The summed E-state index contributed by atoms with van der Waals surface area (Å²) in [6, 6.07) is 12.2. The molecule has 0 aromatic heterocycles. The number of ether oxygens (including phenoxy) is 3. The topological polar surface area (TPSA) is 77.1 Å². The van der Waals surface area contributed by atoms with Gasteiger partial charge in [0.2, 0.25) is 0 Å². The van der Waals surface area contributed by atoms with E-state index in [-0.39, 0.29) is 18.4 Å². The van der Waals surface area contributed by atoms with Gasteiger partial charge in [-0.25, -0.2) is 0 Å². The summed E-state index contributed by atoms with van der Waals surface area (Å²) in [7, 11) is 3.24. The van der Waals surface area contributed by atoms with E-state index in [2.05, 4.69) is 5.32 Å². The molecule has 7 nitrogen and oxygen atoms in total. The maximum Gasteiger partial charge on any atom is 0.267 e. The third kappa shape index (κ3) is 3.72. The summed E-state index contributed by atoms with van der Waals surface area (Å²) in [6.45, 7) is 1.56. The van der Waals surface area contributed by atoms with E-state index >= 15 is 0 Å². The number of nitrogens with zero attached hydrogens (tertiary/aromatic N) is 1. The van der Waals surface area contributed by atoms with Crippen molar-refractivity contribution >= 4 is 23.2 Å². The lowest BCUT2D eigenvalue weighted by molar-refractivity contribution is -0.125. The molecule has 7 heteroatoms. The molecule has 2 aromatic carbocycles. The minimum Gasteiger partial charge on any atom is -0.497 e. The monoisotopic (exact) mass is 356 g/mol. The molecule has 136 valence electrons. The molecular weight excluding hydrogens is 336 g/mol. The van der Waals surface area contributed by atoms with Crippen molar-refractivity contribution in [3.8, 4) is 17.2 Å². The van der Waals surface area contributed by atoms with E-state index in [1.807, 2.05) is 0 Å². The van der Waals surface area contributed by atoms with Gasteiger partial charge >= 0.3 is 0 Å². The van der Waals surface area contributed by atoms with Crippen LogP contribution in [-0.2, 0) is 9.59 Å². The molecule has 3 rings (SSSR count). The Morgan fingerprint density at radius 3 is 2.77 bits per heavy atom. The Morgan fingerprint density at radius 2 is 2.00 bits per heavy atom. The molecule has 26 heavy (non-hydrogen) atoms. The molecule has 0 radical (unpaired) electrons. The number of anilines is 2. The highest BCUT2D eigenvalue weighted by Crippen LogP contribution is 2.35. The molecule has 0 spiro atoms. The van der Waals surface area contributed by atoms with Gasteiger partial charge in [-0.15, -0.1) is 0 Å². The van der Waals surface area contributed by atoms with Crippen LogP contribution in [0.4, 0.5) is 11.4 Å². The van der Waals surface area contributed by atoms with E-state index in [0.717, 1.165) is 0 Å². The normalized spacial score (nSPS) is 15.7. The Morgan fingerprint density at radius 1 is 1.23 bits per heavy atom. The average Bonchev–Trinajstić information content (AvgIpc) is 2.65. The van der Waals surface area contributed by atoms with Gasteiger partial charge in [-0.05, 0) is 37.3 Å². The number of hydrogen-bond acceptors (Lipinski definition) is 5. The van der Waals surface area contributed by atoms with Crippen LogP contribution in [0.25, 0.3) is 0 Å². The zero-order valence-electron chi connectivity index (χ0n) is 14.8. The first-order valence-corrected chi connectivity index (χ1v) is 8.13. The molecular formula is C19H20N2O5. The first kappa shape index (κ1) is 17.6. The molecule has 0 saturated carbocycles. The van der Waals surface area contributed by atoms with Crippen LogP contribution in [0, 0.1) is 0 Å². The molecule has 0 aliphatic carbocycles. The predicted octanol–water partition coefficient (Wildman–Crippen LogP) is 2.46. The summed E-state index contributed by atoms with van der Waals surface area (Å²) in [6.07, 6.45) is -0.524. The molecule has 0 saturated heterocycles. The Kier molecular flexibility index (Phi) is 4.97. The van der Waals surface area contributed by atoms with E-state index in [1.165, 1.54) is 4.90 Å². The molecule has 1 aliphatic heterocycles. The fourth-order valence-corrected chi connectivity index (χ4v) is 2.63. The maximum atomic E-state index is 12.1. The predicted molar refractivity (Wildman–Crippen MR) is 97.1 cm³/mol. The van der Waals surface area contributed by atoms with Crippen LogP contribution in [0.2, 0.25) is 0 Å². The number of amides is 2. The Bertz CT molecular complexity index is 836. The zero-order chi connectivity index (χ0) is 18.7.